The SMILES string of the molecule is Cc1cc(F)c(O)c([C@@H](CF)N2CCNCC2)c1. The predicted molar refractivity (Wildman–Crippen MR) is 66.0 cm³/mol. The first-order valence-corrected chi connectivity index (χ1v) is 6.13. The molecule has 100 valence electrons. The van der Waals surface area contributed by atoms with Gasteiger partial charge in [0.2, 0.25) is 0 Å². The highest BCUT2D eigenvalue weighted by Gasteiger charge is 2.25. The number of nitrogens with one attached hydrogen (secondary N) is 1. The van der Waals surface area contributed by atoms with Gasteiger partial charge in [0.05, 0.1) is 6.04 Å². The van der Waals surface area contributed by atoms with E-state index >= 15 is 0 Å². The summed E-state index contributed by atoms with van der Waals surface area (Å²) in [5, 5.41) is 13.0. The number of alkyl halides is 1. The van der Waals surface area contributed by atoms with Gasteiger partial charge in [0, 0.05) is 31.7 Å². The summed E-state index contributed by atoms with van der Waals surface area (Å²) in [5.74, 6) is -1.11. The zero-order valence-corrected chi connectivity index (χ0v) is 10.4. The minimum absolute atomic E-state index is 0.344. The molecule has 1 aliphatic heterocycles. The van der Waals surface area contributed by atoms with E-state index in [-0.39, 0.29) is 0 Å². The van der Waals surface area contributed by atoms with Crippen molar-refractivity contribution in [3.63, 3.8) is 0 Å². The Hall–Kier alpha value is -1.20. The fourth-order valence-corrected chi connectivity index (χ4v) is 2.39. The third kappa shape index (κ3) is 2.62. The van der Waals surface area contributed by atoms with Gasteiger partial charge in [0.1, 0.15) is 6.67 Å². The van der Waals surface area contributed by atoms with E-state index in [9.17, 15) is 13.9 Å². The van der Waals surface area contributed by atoms with E-state index < -0.39 is 24.3 Å². The molecule has 0 spiro atoms. The van der Waals surface area contributed by atoms with Crippen LogP contribution in [-0.4, -0.2) is 42.9 Å². The molecule has 1 heterocycles. The van der Waals surface area contributed by atoms with E-state index in [4.69, 9.17) is 0 Å². The van der Waals surface area contributed by atoms with E-state index in [2.05, 4.69) is 5.32 Å². The number of phenolic OH excluding ortho intramolecular Hbond substituents is 1. The number of hydrogen-bond acceptors (Lipinski definition) is 3. The number of rotatable bonds is 3. The average Bonchev–Trinajstić information content (AvgIpc) is 2.37. The summed E-state index contributed by atoms with van der Waals surface area (Å²) >= 11 is 0. The second kappa shape index (κ2) is 5.63. The lowest BCUT2D eigenvalue weighted by Gasteiger charge is -2.34. The molecule has 0 amide bonds. The molecular weight excluding hydrogens is 238 g/mol. The molecule has 3 nitrogen and oxygen atoms in total. The highest BCUT2D eigenvalue weighted by Crippen LogP contribution is 2.32. The predicted octanol–water partition coefficient (Wildman–Crippen LogP) is 1.76. The number of benzene rings is 1. The lowest BCUT2D eigenvalue weighted by molar-refractivity contribution is 0.144. The van der Waals surface area contributed by atoms with Crippen molar-refractivity contribution in [2.75, 3.05) is 32.9 Å². The lowest BCUT2D eigenvalue weighted by Crippen LogP contribution is -2.45. The van der Waals surface area contributed by atoms with E-state index in [1.165, 1.54) is 6.07 Å². The maximum absolute atomic E-state index is 13.5. The Morgan fingerprint density at radius 3 is 2.67 bits per heavy atom. The maximum atomic E-state index is 13.5. The van der Waals surface area contributed by atoms with Crippen LogP contribution in [0.3, 0.4) is 0 Å². The Labute approximate surface area is 105 Å². The second-order valence-electron chi connectivity index (χ2n) is 4.64. The first-order chi connectivity index (χ1) is 8.63. The van der Waals surface area contributed by atoms with Gasteiger partial charge in [0.25, 0.3) is 0 Å². The van der Waals surface area contributed by atoms with Crippen LogP contribution < -0.4 is 5.32 Å². The molecule has 0 saturated carbocycles. The smallest absolute Gasteiger partial charge is 0.165 e. The molecule has 1 aliphatic rings. The molecule has 1 aromatic rings. The fourth-order valence-electron chi connectivity index (χ4n) is 2.39. The fraction of sp³-hybridized carbons (Fsp3) is 0.538. The van der Waals surface area contributed by atoms with Crippen molar-refractivity contribution in [3.05, 3.63) is 29.1 Å². The van der Waals surface area contributed by atoms with Crippen LogP contribution in [0, 0.1) is 12.7 Å². The number of phenols is 1. The van der Waals surface area contributed by atoms with Crippen molar-refractivity contribution in [2.24, 2.45) is 0 Å². The monoisotopic (exact) mass is 256 g/mol. The second-order valence-corrected chi connectivity index (χ2v) is 4.64. The zero-order chi connectivity index (χ0) is 13.1. The van der Waals surface area contributed by atoms with Crippen LogP contribution in [0.5, 0.6) is 5.75 Å². The highest BCUT2D eigenvalue weighted by atomic mass is 19.1. The number of halogens is 2. The van der Waals surface area contributed by atoms with Gasteiger partial charge < -0.3 is 10.4 Å². The first kappa shape index (κ1) is 13.2. The van der Waals surface area contributed by atoms with Crippen molar-refractivity contribution in [3.8, 4) is 5.75 Å². The standard InChI is InChI=1S/C13H18F2N2O/c1-9-6-10(13(18)11(15)7-9)12(8-14)17-4-2-16-3-5-17/h6-7,12,16,18H,2-5,8H2,1H3/t12-/m1/s1. The van der Waals surface area contributed by atoms with Gasteiger partial charge in [-0.3, -0.25) is 4.90 Å². The third-order valence-electron chi connectivity index (χ3n) is 3.33. The number of aryl methyl sites for hydroxylation is 1. The van der Waals surface area contributed by atoms with Gasteiger partial charge in [-0.1, -0.05) is 6.07 Å². The van der Waals surface area contributed by atoms with Gasteiger partial charge in [-0.15, -0.1) is 0 Å². The van der Waals surface area contributed by atoms with Gasteiger partial charge in [-0.2, -0.15) is 0 Å². The summed E-state index contributed by atoms with van der Waals surface area (Å²) in [6.45, 7) is 4.07. The van der Waals surface area contributed by atoms with E-state index in [1.54, 1.807) is 13.0 Å². The molecule has 5 heteroatoms. The molecule has 2 N–H and O–H groups in total. The van der Waals surface area contributed by atoms with Gasteiger partial charge in [-0.05, 0) is 18.6 Å². The maximum Gasteiger partial charge on any atom is 0.165 e. The molecule has 1 saturated heterocycles. The third-order valence-corrected chi connectivity index (χ3v) is 3.33. The molecule has 18 heavy (non-hydrogen) atoms. The highest BCUT2D eigenvalue weighted by molar-refractivity contribution is 5.39. The molecular formula is C13H18F2N2O. The Kier molecular flexibility index (Phi) is 4.14. The summed E-state index contributed by atoms with van der Waals surface area (Å²) in [5.41, 5.74) is 1.03. The van der Waals surface area contributed by atoms with Crippen molar-refractivity contribution in [2.45, 2.75) is 13.0 Å². The van der Waals surface area contributed by atoms with Crippen LogP contribution in [0.25, 0.3) is 0 Å². The van der Waals surface area contributed by atoms with Crippen molar-refractivity contribution in [1.29, 1.82) is 0 Å². The molecule has 0 aromatic heterocycles. The lowest BCUT2D eigenvalue weighted by atomic mass is 10.0. The van der Waals surface area contributed by atoms with E-state index in [1.807, 2.05) is 4.90 Å². The molecule has 1 fully saturated rings. The minimum Gasteiger partial charge on any atom is -0.505 e. The number of aromatic hydroxyl groups is 1. The van der Waals surface area contributed by atoms with E-state index in [0.717, 1.165) is 13.1 Å². The molecule has 0 radical (unpaired) electrons. The normalized spacial score (nSPS) is 18.8. The Morgan fingerprint density at radius 1 is 1.39 bits per heavy atom. The number of piperazine rings is 1. The van der Waals surface area contributed by atoms with Crippen LogP contribution >= 0.6 is 0 Å². The average molecular weight is 256 g/mol. The van der Waals surface area contributed by atoms with Crippen LogP contribution in [0.1, 0.15) is 17.2 Å². The number of nitrogens with zero attached hydrogens (tertiary/aromatic N) is 1. The Morgan fingerprint density at radius 2 is 2.06 bits per heavy atom. The van der Waals surface area contributed by atoms with Crippen LogP contribution in [-0.2, 0) is 0 Å². The summed E-state index contributed by atoms with van der Waals surface area (Å²) in [4.78, 5) is 1.93. The molecule has 0 unspecified atom stereocenters. The van der Waals surface area contributed by atoms with E-state index in [0.29, 0.717) is 24.2 Å². The Bertz CT molecular complexity index is 420. The van der Waals surface area contributed by atoms with Crippen LogP contribution in [0.4, 0.5) is 8.78 Å². The molecule has 1 aromatic carbocycles. The van der Waals surface area contributed by atoms with Crippen molar-refractivity contribution < 1.29 is 13.9 Å². The minimum atomic E-state index is -0.682. The topological polar surface area (TPSA) is 35.5 Å². The Balaban J connectivity index is 2.31. The first-order valence-electron chi connectivity index (χ1n) is 6.13. The van der Waals surface area contributed by atoms with Crippen LogP contribution in [0.2, 0.25) is 0 Å². The van der Waals surface area contributed by atoms with Gasteiger partial charge >= 0.3 is 0 Å². The summed E-state index contributed by atoms with van der Waals surface area (Å²) in [6.07, 6.45) is 0. The molecule has 0 aliphatic carbocycles. The summed E-state index contributed by atoms with van der Waals surface area (Å²) < 4.78 is 26.8. The quantitative estimate of drug-likeness (QED) is 0.865. The summed E-state index contributed by atoms with van der Waals surface area (Å²) in [6, 6.07) is 2.35. The van der Waals surface area contributed by atoms with Gasteiger partial charge in [-0.25, -0.2) is 8.78 Å². The van der Waals surface area contributed by atoms with Crippen molar-refractivity contribution in [1.82, 2.24) is 10.2 Å². The van der Waals surface area contributed by atoms with Crippen LogP contribution in [0.15, 0.2) is 12.1 Å². The molecule has 2 rings (SSSR count). The summed E-state index contributed by atoms with van der Waals surface area (Å²) in [7, 11) is 0. The largest absolute Gasteiger partial charge is 0.505 e. The van der Waals surface area contributed by atoms with Gasteiger partial charge in [0.15, 0.2) is 11.6 Å². The molecule has 0 bridgehead atoms. The number of hydrogen-bond donors (Lipinski definition) is 2. The van der Waals surface area contributed by atoms with Crippen molar-refractivity contribution >= 4 is 0 Å². The molecule has 1 atom stereocenters. The zero-order valence-electron chi connectivity index (χ0n) is 10.4.